The number of ether oxygens (including phenoxy) is 1. The van der Waals surface area contributed by atoms with Crippen molar-refractivity contribution < 1.29 is 9.53 Å². The maximum Gasteiger partial charge on any atom is 0.369 e. The van der Waals surface area contributed by atoms with Crippen LogP contribution in [0.2, 0.25) is 0 Å². The Balaban J connectivity index is 2.71. The smallest absolute Gasteiger partial charge is 0.369 e. The molecule has 0 aromatic heterocycles. The molecule has 1 aliphatic rings. The summed E-state index contributed by atoms with van der Waals surface area (Å²) in [5.41, 5.74) is 0.0767. The van der Waals surface area contributed by atoms with Gasteiger partial charge < -0.3 is 4.74 Å². The van der Waals surface area contributed by atoms with Crippen LogP contribution in [0.25, 0.3) is 0 Å². The van der Waals surface area contributed by atoms with Crippen LogP contribution >= 0.6 is 12.6 Å². The molecule has 0 amide bonds. The zero-order valence-electron chi connectivity index (χ0n) is 7.20. The molecule has 0 fully saturated rings. The highest BCUT2D eigenvalue weighted by molar-refractivity contribution is 7.96. The van der Waals surface area contributed by atoms with E-state index in [2.05, 4.69) is 26.5 Å². The highest BCUT2D eigenvalue weighted by Crippen LogP contribution is 2.29. The SMILES string of the molecule is CC1(C)C=C(OC(=O)S)C=CC1. The summed E-state index contributed by atoms with van der Waals surface area (Å²) < 4.78 is 4.83. The van der Waals surface area contributed by atoms with E-state index in [0.717, 1.165) is 6.42 Å². The van der Waals surface area contributed by atoms with Crippen LogP contribution in [0.4, 0.5) is 4.79 Å². The van der Waals surface area contributed by atoms with Crippen molar-refractivity contribution in [1.82, 2.24) is 0 Å². The van der Waals surface area contributed by atoms with E-state index in [1.54, 1.807) is 6.08 Å². The number of carbonyl (C=O) groups excluding carboxylic acids is 1. The summed E-state index contributed by atoms with van der Waals surface area (Å²) in [6, 6.07) is 0. The first kappa shape index (κ1) is 9.39. The quantitative estimate of drug-likeness (QED) is 0.501. The fourth-order valence-corrected chi connectivity index (χ4v) is 1.24. The highest BCUT2D eigenvalue weighted by atomic mass is 32.1. The van der Waals surface area contributed by atoms with Crippen LogP contribution in [-0.2, 0) is 4.74 Å². The van der Waals surface area contributed by atoms with Crippen molar-refractivity contribution in [3.8, 4) is 0 Å². The Labute approximate surface area is 77.7 Å². The number of rotatable bonds is 1. The topological polar surface area (TPSA) is 26.3 Å². The van der Waals surface area contributed by atoms with Gasteiger partial charge in [-0.2, -0.15) is 0 Å². The Morgan fingerprint density at radius 2 is 2.33 bits per heavy atom. The molecule has 0 saturated heterocycles. The normalized spacial score (nSPS) is 20.1. The largest absolute Gasteiger partial charge is 0.419 e. The Bertz CT molecular complexity index is 251. The average molecular weight is 184 g/mol. The lowest BCUT2D eigenvalue weighted by molar-refractivity contribution is 0.206. The summed E-state index contributed by atoms with van der Waals surface area (Å²) in [5, 5.41) is -0.566. The van der Waals surface area contributed by atoms with Crippen molar-refractivity contribution in [3.63, 3.8) is 0 Å². The van der Waals surface area contributed by atoms with E-state index in [1.165, 1.54) is 0 Å². The molecule has 0 heterocycles. The van der Waals surface area contributed by atoms with Crippen molar-refractivity contribution in [3.05, 3.63) is 24.0 Å². The van der Waals surface area contributed by atoms with Gasteiger partial charge in [0.1, 0.15) is 5.76 Å². The minimum atomic E-state index is -0.566. The summed E-state index contributed by atoms with van der Waals surface area (Å²) in [5.74, 6) is 0.589. The zero-order valence-corrected chi connectivity index (χ0v) is 8.10. The van der Waals surface area contributed by atoms with Crippen LogP contribution in [0.5, 0.6) is 0 Å². The Morgan fingerprint density at radius 3 is 2.83 bits per heavy atom. The van der Waals surface area contributed by atoms with Crippen LogP contribution in [0.1, 0.15) is 20.3 Å². The standard InChI is InChI=1S/C9H12O2S/c1-9(2)5-3-4-7(6-9)11-8(10)12/h3-4,6H,5H2,1-2H3,(H,10,12). The summed E-state index contributed by atoms with van der Waals surface area (Å²) in [6.07, 6.45) is 6.69. The van der Waals surface area contributed by atoms with E-state index < -0.39 is 5.30 Å². The molecule has 0 atom stereocenters. The van der Waals surface area contributed by atoms with Crippen molar-refractivity contribution in [2.75, 3.05) is 0 Å². The fraction of sp³-hybridized carbons (Fsp3) is 0.444. The highest BCUT2D eigenvalue weighted by Gasteiger charge is 2.18. The van der Waals surface area contributed by atoms with Crippen molar-refractivity contribution in [2.24, 2.45) is 5.41 Å². The third-order valence-corrected chi connectivity index (χ3v) is 1.76. The molecule has 0 saturated carbocycles. The zero-order chi connectivity index (χ0) is 9.19. The molecular weight excluding hydrogens is 172 g/mol. The summed E-state index contributed by atoms with van der Waals surface area (Å²) in [4.78, 5) is 10.5. The lowest BCUT2D eigenvalue weighted by atomic mass is 9.86. The predicted molar refractivity (Wildman–Crippen MR) is 51.1 cm³/mol. The van der Waals surface area contributed by atoms with Crippen LogP contribution < -0.4 is 0 Å². The molecule has 0 bridgehead atoms. The lowest BCUT2D eigenvalue weighted by Crippen LogP contribution is -2.11. The first-order chi connectivity index (χ1) is 5.49. The van der Waals surface area contributed by atoms with Crippen LogP contribution in [-0.4, -0.2) is 5.30 Å². The molecule has 0 aliphatic heterocycles. The molecule has 1 rings (SSSR count). The van der Waals surface area contributed by atoms with Gasteiger partial charge in [0, 0.05) is 0 Å². The van der Waals surface area contributed by atoms with Gasteiger partial charge >= 0.3 is 5.30 Å². The molecule has 0 unspecified atom stereocenters. The fourth-order valence-electron chi connectivity index (χ4n) is 1.14. The van der Waals surface area contributed by atoms with Gasteiger partial charge in [-0.15, -0.1) is 0 Å². The van der Waals surface area contributed by atoms with Crippen LogP contribution in [0, 0.1) is 5.41 Å². The lowest BCUT2D eigenvalue weighted by Gasteiger charge is -2.22. The summed E-state index contributed by atoms with van der Waals surface area (Å²) >= 11 is 3.53. The van der Waals surface area contributed by atoms with Gasteiger partial charge in [-0.1, -0.05) is 32.6 Å². The van der Waals surface area contributed by atoms with E-state index in [4.69, 9.17) is 4.74 Å². The minimum Gasteiger partial charge on any atom is -0.419 e. The van der Waals surface area contributed by atoms with Gasteiger partial charge in [-0.25, -0.2) is 4.79 Å². The molecule has 12 heavy (non-hydrogen) atoms. The molecule has 0 N–H and O–H groups in total. The molecule has 1 aliphatic carbocycles. The van der Waals surface area contributed by atoms with Crippen molar-refractivity contribution >= 4 is 17.9 Å². The Hall–Kier alpha value is -0.700. The molecule has 66 valence electrons. The summed E-state index contributed by atoms with van der Waals surface area (Å²) in [7, 11) is 0. The number of allylic oxidation sites excluding steroid dienone is 3. The van der Waals surface area contributed by atoms with E-state index in [-0.39, 0.29) is 5.41 Å². The second-order valence-corrected chi connectivity index (χ2v) is 3.87. The summed E-state index contributed by atoms with van der Waals surface area (Å²) in [6.45, 7) is 4.17. The molecule has 0 aromatic carbocycles. The third kappa shape index (κ3) is 2.74. The molecule has 0 spiro atoms. The Kier molecular flexibility index (Phi) is 2.62. The van der Waals surface area contributed by atoms with Gasteiger partial charge in [0.2, 0.25) is 0 Å². The third-order valence-electron chi connectivity index (χ3n) is 1.66. The first-order valence-corrected chi connectivity index (χ1v) is 4.24. The second-order valence-electron chi connectivity index (χ2n) is 3.51. The van der Waals surface area contributed by atoms with Gasteiger partial charge in [0.25, 0.3) is 0 Å². The van der Waals surface area contributed by atoms with Gasteiger partial charge in [-0.05, 0) is 24.0 Å². The predicted octanol–water partition coefficient (Wildman–Crippen LogP) is 2.92. The molecule has 0 radical (unpaired) electrons. The van der Waals surface area contributed by atoms with Gasteiger partial charge in [0.15, 0.2) is 0 Å². The van der Waals surface area contributed by atoms with Crippen molar-refractivity contribution in [2.45, 2.75) is 20.3 Å². The maximum absolute atomic E-state index is 10.5. The monoisotopic (exact) mass is 184 g/mol. The molecular formula is C9H12O2S. The second kappa shape index (κ2) is 3.35. The number of carbonyl (C=O) groups is 1. The molecule has 3 heteroatoms. The number of hydrogen-bond acceptors (Lipinski definition) is 2. The Morgan fingerprint density at radius 1 is 1.67 bits per heavy atom. The number of thiol groups is 1. The van der Waals surface area contributed by atoms with Crippen LogP contribution in [0.15, 0.2) is 24.0 Å². The van der Waals surface area contributed by atoms with Crippen LogP contribution in [0.3, 0.4) is 0 Å². The van der Waals surface area contributed by atoms with E-state index in [0.29, 0.717) is 5.76 Å². The van der Waals surface area contributed by atoms with Gasteiger partial charge in [0.05, 0.1) is 0 Å². The average Bonchev–Trinajstić information content (AvgIpc) is 1.82. The van der Waals surface area contributed by atoms with E-state index in [1.807, 2.05) is 12.2 Å². The molecule has 0 aromatic rings. The molecule has 2 nitrogen and oxygen atoms in total. The van der Waals surface area contributed by atoms with E-state index in [9.17, 15) is 4.79 Å². The van der Waals surface area contributed by atoms with E-state index >= 15 is 0 Å². The first-order valence-electron chi connectivity index (χ1n) is 3.80. The van der Waals surface area contributed by atoms with Crippen molar-refractivity contribution in [1.29, 1.82) is 0 Å². The maximum atomic E-state index is 10.5. The number of hydrogen-bond donors (Lipinski definition) is 1. The van der Waals surface area contributed by atoms with Gasteiger partial charge in [-0.3, -0.25) is 0 Å². The minimum absolute atomic E-state index is 0.0767.